The van der Waals surface area contributed by atoms with Crippen LogP contribution in [-0.4, -0.2) is 96.0 Å². The molecule has 0 spiro atoms. The van der Waals surface area contributed by atoms with Gasteiger partial charge in [0.1, 0.15) is 36.8 Å². The molecule has 0 aliphatic carbocycles. The second kappa shape index (κ2) is 15.6. The van der Waals surface area contributed by atoms with Crippen LogP contribution in [0.2, 0.25) is 0 Å². The zero-order valence-electron chi connectivity index (χ0n) is 19.7. The molecule has 1 aliphatic rings. The Balaban J connectivity index is 2.75. The molecule has 0 saturated carbocycles. The average molecular weight is 515 g/mol. The molecule has 0 radical (unpaired) electrons. The van der Waals surface area contributed by atoms with E-state index in [0.717, 1.165) is 25.7 Å². The van der Waals surface area contributed by atoms with E-state index in [9.17, 15) is 33.3 Å². The van der Waals surface area contributed by atoms with Crippen molar-refractivity contribution in [2.75, 3.05) is 19.0 Å². The number of hydrogen-bond acceptors (Lipinski definition) is 11. The Morgan fingerprint density at radius 3 is 2.03 bits per heavy atom. The molecule has 34 heavy (non-hydrogen) atoms. The third-order valence-electron chi connectivity index (χ3n) is 5.19. The first-order chi connectivity index (χ1) is 16.0. The molecule has 0 unspecified atom stereocenters. The fourth-order valence-electron chi connectivity index (χ4n) is 3.26. The molecule has 1 heterocycles. The number of carbonyl (C=O) groups excluding carboxylic acids is 2. The van der Waals surface area contributed by atoms with E-state index in [4.69, 9.17) is 23.5 Å². The van der Waals surface area contributed by atoms with Crippen LogP contribution in [0.15, 0.2) is 0 Å². The summed E-state index contributed by atoms with van der Waals surface area (Å²) < 4.78 is 52.4. The first-order valence-electron chi connectivity index (χ1n) is 11.6. The van der Waals surface area contributed by atoms with Crippen LogP contribution in [0.1, 0.15) is 65.2 Å². The van der Waals surface area contributed by atoms with Gasteiger partial charge >= 0.3 is 11.9 Å². The topological polar surface area (TPSA) is 186 Å². The first kappa shape index (κ1) is 30.7. The molecular formula is C21H38O12S. The number of rotatable bonds is 16. The smallest absolute Gasteiger partial charge is 0.306 e. The van der Waals surface area contributed by atoms with Crippen molar-refractivity contribution in [3.05, 3.63) is 0 Å². The molecule has 0 bridgehead atoms. The Labute approximate surface area is 200 Å². The number of unbranched alkanes of at least 4 members (excludes halogenated alkanes) is 4. The van der Waals surface area contributed by atoms with Gasteiger partial charge in [0.05, 0.1) is 6.61 Å². The van der Waals surface area contributed by atoms with Gasteiger partial charge in [0.25, 0.3) is 10.1 Å². The summed E-state index contributed by atoms with van der Waals surface area (Å²) in [7, 11) is -4.57. The lowest BCUT2D eigenvalue weighted by Crippen LogP contribution is -2.60. The van der Waals surface area contributed by atoms with E-state index in [1.807, 2.05) is 13.8 Å². The molecule has 4 N–H and O–H groups in total. The average Bonchev–Trinajstić information content (AvgIpc) is 2.76. The van der Waals surface area contributed by atoms with Crippen LogP contribution in [0.5, 0.6) is 0 Å². The lowest BCUT2D eigenvalue weighted by molar-refractivity contribution is -0.297. The molecule has 1 aliphatic heterocycles. The lowest BCUT2D eigenvalue weighted by Gasteiger charge is -2.40. The molecule has 12 nitrogen and oxygen atoms in total. The number of ether oxygens (including phenoxy) is 4. The van der Waals surface area contributed by atoms with Gasteiger partial charge in [0.15, 0.2) is 12.4 Å². The standard InChI is InChI=1S/C21H38O12S/c1-3-5-7-9-16(22)30-11-14(32-17(23)10-8-6-4-2)12-31-21-20(26)19(25)18(24)15(33-21)13-34(27,28)29/h14-15,18-21,24-26H,3-13H2,1-2H3,(H,27,28,29)/t14-,15+,18+,19-,20+,21-/m0/s1. The summed E-state index contributed by atoms with van der Waals surface area (Å²) in [6.45, 7) is 3.25. The van der Waals surface area contributed by atoms with Crippen molar-refractivity contribution >= 4 is 22.1 Å². The predicted octanol–water partition coefficient (Wildman–Crippen LogP) is 0.314. The van der Waals surface area contributed by atoms with Crippen LogP contribution in [0.25, 0.3) is 0 Å². The Hall–Kier alpha value is -1.35. The summed E-state index contributed by atoms with van der Waals surface area (Å²) in [5.41, 5.74) is 0. The molecular weight excluding hydrogens is 476 g/mol. The van der Waals surface area contributed by atoms with E-state index in [0.29, 0.717) is 12.8 Å². The third-order valence-corrected chi connectivity index (χ3v) is 5.94. The minimum Gasteiger partial charge on any atom is -0.462 e. The van der Waals surface area contributed by atoms with E-state index in [1.54, 1.807) is 0 Å². The summed E-state index contributed by atoms with van der Waals surface area (Å²) in [6.07, 6.45) is -4.44. The van der Waals surface area contributed by atoms with Crippen LogP contribution in [0.3, 0.4) is 0 Å². The predicted molar refractivity (Wildman–Crippen MR) is 118 cm³/mol. The van der Waals surface area contributed by atoms with Gasteiger partial charge in [-0.3, -0.25) is 14.1 Å². The summed E-state index contributed by atoms with van der Waals surface area (Å²) in [5, 5.41) is 30.1. The lowest BCUT2D eigenvalue weighted by atomic mass is 10.00. The maximum atomic E-state index is 12.1. The zero-order chi connectivity index (χ0) is 25.7. The molecule has 0 amide bonds. The van der Waals surface area contributed by atoms with Gasteiger partial charge < -0.3 is 34.3 Å². The number of aliphatic hydroxyl groups is 3. The van der Waals surface area contributed by atoms with Crippen molar-refractivity contribution in [2.24, 2.45) is 0 Å². The maximum Gasteiger partial charge on any atom is 0.306 e. The van der Waals surface area contributed by atoms with Gasteiger partial charge in [0.2, 0.25) is 0 Å². The van der Waals surface area contributed by atoms with E-state index in [-0.39, 0.29) is 19.4 Å². The van der Waals surface area contributed by atoms with Crippen molar-refractivity contribution in [3.63, 3.8) is 0 Å². The molecule has 1 fully saturated rings. The van der Waals surface area contributed by atoms with Gasteiger partial charge in [0, 0.05) is 12.8 Å². The molecule has 0 aromatic heterocycles. The van der Waals surface area contributed by atoms with Gasteiger partial charge in [-0.2, -0.15) is 8.42 Å². The second-order valence-corrected chi connectivity index (χ2v) is 9.80. The fraction of sp³-hybridized carbons (Fsp3) is 0.905. The SMILES string of the molecule is CCCCCC(=O)OC[C@@H](CO[C@H]1O[C@H](CS(=O)(=O)O)[C@@H](O)[C@H](O)[C@H]1O)OC(=O)CCCCC. The Morgan fingerprint density at radius 1 is 0.882 bits per heavy atom. The van der Waals surface area contributed by atoms with E-state index in [2.05, 4.69) is 0 Å². The number of aliphatic hydroxyl groups excluding tert-OH is 3. The number of carbonyl (C=O) groups is 2. The molecule has 0 aromatic rings. The minimum absolute atomic E-state index is 0.151. The fourth-order valence-corrected chi connectivity index (χ4v) is 3.95. The van der Waals surface area contributed by atoms with Crippen LogP contribution >= 0.6 is 0 Å². The molecule has 1 saturated heterocycles. The number of esters is 2. The van der Waals surface area contributed by atoms with Crippen LogP contribution in [0, 0.1) is 0 Å². The minimum atomic E-state index is -4.57. The first-order valence-corrected chi connectivity index (χ1v) is 13.2. The maximum absolute atomic E-state index is 12.1. The van der Waals surface area contributed by atoms with Crippen molar-refractivity contribution in [1.29, 1.82) is 0 Å². The van der Waals surface area contributed by atoms with E-state index >= 15 is 0 Å². The zero-order valence-corrected chi connectivity index (χ0v) is 20.5. The van der Waals surface area contributed by atoms with Crippen LogP contribution in [0.4, 0.5) is 0 Å². The van der Waals surface area contributed by atoms with Gasteiger partial charge in [-0.05, 0) is 12.8 Å². The summed E-state index contributed by atoms with van der Waals surface area (Å²) in [4.78, 5) is 24.1. The Morgan fingerprint density at radius 2 is 1.47 bits per heavy atom. The van der Waals surface area contributed by atoms with E-state index in [1.165, 1.54) is 0 Å². The van der Waals surface area contributed by atoms with E-state index < -0.39 is 71.2 Å². The highest BCUT2D eigenvalue weighted by Gasteiger charge is 2.45. The van der Waals surface area contributed by atoms with Crippen molar-refractivity contribution in [1.82, 2.24) is 0 Å². The highest BCUT2D eigenvalue weighted by Crippen LogP contribution is 2.23. The monoisotopic (exact) mass is 514 g/mol. The van der Waals surface area contributed by atoms with Gasteiger partial charge in [-0.25, -0.2) is 0 Å². The van der Waals surface area contributed by atoms with Crippen LogP contribution < -0.4 is 0 Å². The van der Waals surface area contributed by atoms with Gasteiger partial charge in [-0.1, -0.05) is 39.5 Å². The molecule has 13 heteroatoms. The Kier molecular flexibility index (Phi) is 14.1. The quantitative estimate of drug-likeness (QED) is 0.126. The van der Waals surface area contributed by atoms with Crippen molar-refractivity contribution < 1.29 is 56.8 Å². The summed E-state index contributed by atoms with van der Waals surface area (Å²) in [5.74, 6) is -2.04. The summed E-state index contributed by atoms with van der Waals surface area (Å²) in [6, 6.07) is 0. The van der Waals surface area contributed by atoms with Crippen molar-refractivity contribution in [3.8, 4) is 0 Å². The molecule has 6 atom stereocenters. The molecule has 0 aromatic carbocycles. The van der Waals surface area contributed by atoms with Gasteiger partial charge in [-0.15, -0.1) is 0 Å². The largest absolute Gasteiger partial charge is 0.462 e. The normalized spacial score (nSPS) is 26.1. The molecule has 200 valence electrons. The summed E-state index contributed by atoms with van der Waals surface area (Å²) >= 11 is 0. The highest BCUT2D eigenvalue weighted by molar-refractivity contribution is 7.85. The third kappa shape index (κ3) is 11.9. The highest BCUT2D eigenvalue weighted by atomic mass is 32.2. The second-order valence-electron chi connectivity index (χ2n) is 8.31. The van der Waals surface area contributed by atoms with Crippen LogP contribution in [-0.2, 0) is 38.7 Å². The van der Waals surface area contributed by atoms with Crippen molar-refractivity contribution in [2.45, 2.75) is 102 Å². The molecule has 1 rings (SSSR count). The Bertz CT molecular complexity index is 713. The number of hydrogen-bond donors (Lipinski definition) is 4.